The fourth-order valence-electron chi connectivity index (χ4n) is 3.67. The molecule has 1 fully saturated rings. The molecule has 156 valence electrons. The van der Waals surface area contributed by atoms with E-state index in [-0.39, 0.29) is 19.2 Å². The lowest BCUT2D eigenvalue weighted by Gasteiger charge is -2.22. The number of carbonyl (C=O) groups is 3. The maximum Gasteiger partial charge on any atom is 0.325 e. The lowest BCUT2D eigenvalue weighted by atomic mass is 9.91. The lowest BCUT2D eigenvalue weighted by Crippen LogP contribution is -2.43. The Morgan fingerprint density at radius 1 is 1.17 bits per heavy atom. The first-order valence-electron chi connectivity index (χ1n) is 9.74. The summed E-state index contributed by atoms with van der Waals surface area (Å²) in [4.78, 5) is 38.7. The van der Waals surface area contributed by atoms with Crippen LogP contribution in [0.4, 0.5) is 4.79 Å². The van der Waals surface area contributed by atoms with Crippen molar-refractivity contribution in [2.45, 2.75) is 25.8 Å². The molecular weight excluding hydrogens is 386 g/mol. The van der Waals surface area contributed by atoms with E-state index >= 15 is 0 Å². The molecule has 4 rings (SSSR count). The van der Waals surface area contributed by atoms with Gasteiger partial charge < -0.3 is 20.1 Å². The molecule has 30 heavy (non-hydrogen) atoms. The maximum atomic E-state index is 13.0. The van der Waals surface area contributed by atoms with Gasteiger partial charge in [0, 0.05) is 6.54 Å². The van der Waals surface area contributed by atoms with Crippen LogP contribution in [0, 0.1) is 6.92 Å². The highest BCUT2D eigenvalue weighted by molar-refractivity contribution is 6.09. The highest BCUT2D eigenvalue weighted by Crippen LogP contribution is 2.37. The molecule has 0 saturated carbocycles. The molecule has 2 aromatic rings. The fraction of sp³-hybridized carbons (Fsp3) is 0.318. The Kier molecular flexibility index (Phi) is 5.07. The third kappa shape index (κ3) is 3.56. The van der Waals surface area contributed by atoms with E-state index in [9.17, 15) is 14.4 Å². The Morgan fingerprint density at radius 3 is 2.73 bits per heavy atom. The van der Waals surface area contributed by atoms with Crippen LogP contribution in [0.15, 0.2) is 42.5 Å². The topological polar surface area (TPSA) is 97.0 Å². The van der Waals surface area contributed by atoms with Crippen molar-refractivity contribution in [2.24, 2.45) is 0 Å². The van der Waals surface area contributed by atoms with Crippen molar-refractivity contribution < 1.29 is 23.9 Å². The van der Waals surface area contributed by atoms with Crippen LogP contribution >= 0.6 is 0 Å². The summed E-state index contributed by atoms with van der Waals surface area (Å²) >= 11 is 0. The Bertz CT molecular complexity index is 1020. The van der Waals surface area contributed by atoms with Crippen LogP contribution in [0.2, 0.25) is 0 Å². The van der Waals surface area contributed by atoms with E-state index in [0.717, 1.165) is 16.0 Å². The number of imide groups is 1. The second-order valence-electron chi connectivity index (χ2n) is 7.54. The summed E-state index contributed by atoms with van der Waals surface area (Å²) in [6.45, 7) is 3.83. The molecule has 2 aliphatic heterocycles. The highest BCUT2D eigenvalue weighted by Gasteiger charge is 2.49. The van der Waals surface area contributed by atoms with Gasteiger partial charge in [-0.2, -0.15) is 0 Å². The molecule has 0 aliphatic carbocycles. The summed E-state index contributed by atoms with van der Waals surface area (Å²) in [6.07, 6.45) is 0.674. The van der Waals surface area contributed by atoms with Gasteiger partial charge in [-0.1, -0.05) is 30.3 Å². The molecule has 8 nitrogen and oxygen atoms in total. The average molecular weight is 409 g/mol. The molecule has 2 aliphatic rings. The van der Waals surface area contributed by atoms with E-state index in [4.69, 9.17) is 9.47 Å². The third-order valence-electron chi connectivity index (χ3n) is 5.50. The average Bonchev–Trinajstić information content (AvgIpc) is 3.28. The van der Waals surface area contributed by atoms with Crippen molar-refractivity contribution in [1.29, 1.82) is 0 Å². The quantitative estimate of drug-likeness (QED) is 0.710. The molecule has 2 aromatic carbocycles. The predicted molar refractivity (Wildman–Crippen MR) is 108 cm³/mol. The van der Waals surface area contributed by atoms with Crippen LogP contribution in [-0.2, 0) is 21.5 Å². The smallest absolute Gasteiger partial charge is 0.325 e. The van der Waals surface area contributed by atoms with Gasteiger partial charge in [0.2, 0.25) is 12.7 Å². The Labute approximate surface area is 174 Å². The van der Waals surface area contributed by atoms with Gasteiger partial charge in [-0.05, 0) is 49.1 Å². The summed E-state index contributed by atoms with van der Waals surface area (Å²) in [5.74, 6) is 0.231. The normalized spacial score (nSPS) is 19.7. The van der Waals surface area contributed by atoms with Gasteiger partial charge >= 0.3 is 6.03 Å². The number of aryl methyl sites for hydroxylation is 1. The van der Waals surface area contributed by atoms with Crippen LogP contribution in [0.3, 0.4) is 0 Å². The predicted octanol–water partition coefficient (Wildman–Crippen LogP) is 1.85. The number of carbonyl (C=O) groups excluding carboxylic acids is 3. The SMILES string of the molecule is Cc1ccccc1CCNC(=O)CN1C(=O)N[C@@](C)(c2ccc3c(c2)OCO3)C1=O. The molecule has 1 saturated heterocycles. The zero-order chi connectivity index (χ0) is 21.3. The largest absolute Gasteiger partial charge is 0.454 e. The van der Waals surface area contributed by atoms with Gasteiger partial charge in [0.1, 0.15) is 12.1 Å². The fourth-order valence-corrected chi connectivity index (χ4v) is 3.67. The number of hydrogen-bond donors (Lipinski definition) is 2. The summed E-state index contributed by atoms with van der Waals surface area (Å²) in [7, 11) is 0. The monoisotopic (exact) mass is 409 g/mol. The summed E-state index contributed by atoms with van der Waals surface area (Å²) in [5, 5.41) is 5.47. The molecule has 0 spiro atoms. The number of urea groups is 1. The van der Waals surface area contributed by atoms with Crippen LogP contribution in [0.1, 0.15) is 23.6 Å². The first-order chi connectivity index (χ1) is 14.4. The molecule has 8 heteroatoms. The minimum atomic E-state index is -1.28. The van der Waals surface area contributed by atoms with Gasteiger partial charge in [-0.3, -0.25) is 14.5 Å². The number of amides is 4. The van der Waals surface area contributed by atoms with Crippen molar-refractivity contribution in [3.63, 3.8) is 0 Å². The van der Waals surface area contributed by atoms with Crippen molar-refractivity contribution in [3.05, 3.63) is 59.2 Å². The van der Waals surface area contributed by atoms with Crippen molar-refractivity contribution in [2.75, 3.05) is 19.9 Å². The van der Waals surface area contributed by atoms with E-state index in [1.807, 2.05) is 31.2 Å². The molecule has 4 amide bonds. The Morgan fingerprint density at radius 2 is 1.93 bits per heavy atom. The minimum absolute atomic E-state index is 0.116. The van der Waals surface area contributed by atoms with E-state index in [0.29, 0.717) is 30.0 Å². The molecule has 0 unspecified atom stereocenters. The molecule has 0 radical (unpaired) electrons. The number of fused-ring (bicyclic) bond motifs is 1. The van der Waals surface area contributed by atoms with Crippen molar-refractivity contribution in [3.8, 4) is 11.5 Å². The van der Waals surface area contributed by atoms with Crippen molar-refractivity contribution in [1.82, 2.24) is 15.5 Å². The number of benzene rings is 2. The van der Waals surface area contributed by atoms with Gasteiger partial charge in [-0.25, -0.2) is 4.79 Å². The second kappa shape index (κ2) is 7.70. The Hall–Kier alpha value is -3.55. The van der Waals surface area contributed by atoms with Crippen LogP contribution in [-0.4, -0.2) is 42.6 Å². The summed E-state index contributed by atoms with van der Waals surface area (Å²) in [5.41, 5.74) is 1.58. The van der Waals surface area contributed by atoms with Crippen LogP contribution in [0.5, 0.6) is 11.5 Å². The first-order valence-corrected chi connectivity index (χ1v) is 9.74. The van der Waals surface area contributed by atoms with Crippen LogP contribution < -0.4 is 20.1 Å². The standard InChI is InChI=1S/C22H23N3O5/c1-14-5-3-4-6-15(14)9-10-23-19(26)12-25-20(27)22(2,24-21(25)28)16-7-8-17-18(11-16)30-13-29-17/h3-8,11H,9-10,12-13H2,1-2H3,(H,23,26)(H,24,28)/t22-/m0/s1. The second-order valence-corrected chi connectivity index (χ2v) is 7.54. The van der Waals surface area contributed by atoms with Crippen LogP contribution in [0.25, 0.3) is 0 Å². The van der Waals surface area contributed by atoms with Gasteiger partial charge in [0.25, 0.3) is 5.91 Å². The van der Waals surface area contributed by atoms with Gasteiger partial charge in [0.15, 0.2) is 11.5 Å². The van der Waals surface area contributed by atoms with E-state index in [1.165, 1.54) is 0 Å². The summed E-state index contributed by atoms with van der Waals surface area (Å²) < 4.78 is 10.7. The number of hydrogen-bond acceptors (Lipinski definition) is 5. The molecule has 0 bridgehead atoms. The molecule has 1 atom stereocenters. The number of ether oxygens (including phenoxy) is 2. The molecule has 2 N–H and O–H groups in total. The van der Waals surface area contributed by atoms with E-state index < -0.39 is 17.5 Å². The minimum Gasteiger partial charge on any atom is -0.454 e. The van der Waals surface area contributed by atoms with E-state index in [1.54, 1.807) is 25.1 Å². The first kappa shape index (κ1) is 19.8. The maximum absolute atomic E-state index is 13.0. The lowest BCUT2D eigenvalue weighted by molar-refractivity contribution is -0.134. The zero-order valence-electron chi connectivity index (χ0n) is 16.9. The number of nitrogens with zero attached hydrogens (tertiary/aromatic N) is 1. The molecule has 2 heterocycles. The molecule has 0 aromatic heterocycles. The highest BCUT2D eigenvalue weighted by atomic mass is 16.7. The third-order valence-corrected chi connectivity index (χ3v) is 5.50. The van der Waals surface area contributed by atoms with E-state index in [2.05, 4.69) is 10.6 Å². The number of rotatable bonds is 6. The Balaban J connectivity index is 1.39. The zero-order valence-corrected chi connectivity index (χ0v) is 16.9. The number of nitrogens with one attached hydrogen (secondary N) is 2. The molecular formula is C22H23N3O5. The van der Waals surface area contributed by atoms with Crippen molar-refractivity contribution >= 4 is 17.8 Å². The van der Waals surface area contributed by atoms with Gasteiger partial charge in [-0.15, -0.1) is 0 Å². The summed E-state index contributed by atoms with van der Waals surface area (Å²) in [6, 6.07) is 12.4. The van der Waals surface area contributed by atoms with Gasteiger partial charge in [0.05, 0.1) is 0 Å².